The van der Waals surface area contributed by atoms with Gasteiger partial charge < -0.3 is 0 Å². The van der Waals surface area contributed by atoms with Gasteiger partial charge in [-0.05, 0) is 12.1 Å². The molecule has 1 amide bonds. The second-order valence-electron chi connectivity index (χ2n) is 2.93. The van der Waals surface area contributed by atoms with E-state index in [0.717, 1.165) is 23.2 Å². The molecule has 0 radical (unpaired) electrons. The third kappa shape index (κ3) is 2.30. The van der Waals surface area contributed by atoms with Gasteiger partial charge in [-0.15, -0.1) is 0 Å². The number of hydrogen-bond donors (Lipinski definition) is 1. The van der Waals surface area contributed by atoms with E-state index in [1.165, 1.54) is 0 Å². The Hall–Kier alpha value is -1.49. The van der Waals surface area contributed by atoms with Crippen LogP contribution in [-0.4, -0.2) is 23.9 Å². The number of benzene rings is 1. The molecule has 5 heteroatoms. The van der Waals surface area contributed by atoms with E-state index in [4.69, 9.17) is 0 Å². The summed E-state index contributed by atoms with van der Waals surface area (Å²) in [6.07, 6.45) is 0.661. The number of hydrogen-bond acceptors (Lipinski definition) is 4. The Bertz CT molecular complexity index is 366. The van der Waals surface area contributed by atoms with E-state index < -0.39 is 0 Å². The molecule has 0 saturated heterocycles. The Kier molecular flexibility index (Phi) is 3.24. The molecule has 0 bridgehead atoms. The first-order chi connectivity index (χ1) is 7.42. The molecule has 1 aromatic rings. The summed E-state index contributed by atoms with van der Waals surface area (Å²) in [6, 6.07) is 9.64. The molecule has 1 N–H and O–H groups in total. The van der Waals surface area contributed by atoms with Crippen LogP contribution in [0.1, 0.15) is 0 Å². The number of rotatable bonds is 3. The maximum absolute atomic E-state index is 10.5. The normalized spacial score (nSPS) is 14.5. The van der Waals surface area contributed by atoms with Gasteiger partial charge in [-0.1, -0.05) is 30.0 Å². The lowest BCUT2D eigenvalue weighted by molar-refractivity contribution is -0.109. The number of carbonyl (C=O) groups excluding carboxylic acids is 1. The highest BCUT2D eigenvalue weighted by Crippen LogP contribution is 2.20. The lowest BCUT2D eigenvalue weighted by atomic mass is 10.3. The first-order valence-corrected chi connectivity index (χ1v) is 5.62. The van der Waals surface area contributed by atoms with Crippen LogP contribution in [0, 0.1) is 0 Å². The summed E-state index contributed by atoms with van der Waals surface area (Å²) in [6.45, 7) is 0.809. The Morgan fingerprint density at radius 2 is 2.20 bits per heavy atom. The summed E-state index contributed by atoms with van der Waals surface area (Å²) < 4.78 is 0. The topological polar surface area (TPSA) is 44.7 Å². The van der Waals surface area contributed by atoms with Crippen molar-refractivity contribution in [1.82, 2.24) is 5.43 Å². The predicted molar refractivity (Wildman–Crippen MR) is 62.9 cm³/mol. The number of thioether (sulfide) groups is 1. The second-order valence-corrected chi connectivity index (χ2v) is 3.99. The lowest BCUT2D eigenvalue weighted by Crippen LogP contribution is -2.40. The minimum absolute atomic E-state index is 0.661. The van der Waals surface area contributed by atoms with E-state index in [-0.39, 0.29) is 0 Å². The smallest absolute Gasteiger partial charge is 0.226 e. The molecule has 2 rings (SSSR count). The van der Waals surface area contributed by atoms with Crippen molar-refractivity contribution in [3.63, 3.8) is 0 Å². The van der Waals surface area contributed by atoms with Crippen molar-refractivity contribution in [2.45, 2.75) is 0 Å². The van der Waals surface area contributed by atoms with Gasteiger partial charge >= 0.3 is 0 Å². The maximum Gasteiger partial charge on any atom is 0.226 e. The van der Waals surface area contributed by atoms with E-state index in [0.29, 0.717) is 6.41 Å². The fraction of sp³-hybridized carbons (Fsp3) is 0.200. The van der Waals surface area contributed by atoms with Crippen LogP contribution in [0.5, 0.6) is 0 Å². The van der Waals surface area contributed by atoms with Crippen LogP contribution in [0.3, 0.4) is 0 Å². The molecule has 78 valence electrons. The molecular weight excluding hydrogens is 210 g/mol. The fourth-order valence-corrected chi connectivity index (χ4v) is 2.16. The van der Waals surface area contributed by atoms with Crippen molar-refractivity contribution in [1.29, 1.82) is 0 Å². The third-order valence-electron chi connectivity index (χ3n) is 1.96. The molecular formula is C10H11N3OS. The fourth-order valence-electron chi connectivity index (χ4n) is 1.33. The highest BCUT2D eigenvalue weighted by atomic mass is 32.2. The van der Waals surface area contributed by atoms with Crippen molar-refractivity contribution in [2.24, 2.45) is 4.99 Å². The van der Waals surface area contributed by atoms with Gasteiger partial charge in [-0.2, -0.15) is 0 Å². The minimum atomic E-state index is 0.661. The van der Waals surface area contributed by atoms with Crippen LogP contribution in [-0.2, 0) is 4.79 Å². The van der Waals surface area contributed by atoms with Crippen molar-refractivity contribution in [2.75, 3.05) is 17.3 Å². The molecule has 15 heavy (non-hydrogen) atoms. The summed E-state index contributed by atoms with van der Waals surface area (Å²) in [4.78, 5) is 14.8. The second kappa shape index (κ2) is 4.84. The summed E-state index contributed by atoms with van der Waals surface area (Å²) >= 11 is 1.64. The van der Waals surface area contributed by atoms with Crippen LogP contribution >= 0.6 is 11.8 Å². The van der Waals surface area contributed by atoms with Crippen LogP contribution in [0.2, 0.25) is 0 Å². The quantitative estimate of drug-likeness (QED) is 0.617. The van der Waals surface area contributed by atoms with E-state index in [1.54, 1.807) is 16.8 Å². The Labute approximate surface area is 92.3 Å². The Balaban J connectivity index is 2.23. The van der Waals surface area contributed by atoms with Crippen molar-refractivity contribution in [3.05, 3.63) is 30.3 Å². The van der Waals surface area contributed by atoms with Crippen molar-refractivity contribution >= 4 is 29.0 Å². The molecule has 1 heterocycles. The number of amides is 1. The number of nitrogens with one attached hydrogen (secondary N) is 1. The zero-order valence-corrected chi connectivity index (χ0v) is 8.91. The van der Waals surface area contributed by atoms with Gasteiger partial charge in [0.05, 0.1) is 12.2 Å². The van der Waals surface area contributed by atoms with E-state index >= 15 is 0 Å². The molecule has 0 spiro atoms. The van der Waals surface area contributed by atoms with Crippen molar-refractivity contribution in [3.8, 4) is 0 Å². The summed E-state index contributed by atoms with van der Waals surface area (Å²) in [5.74, 6) is 0.971. The summed E-state index contributed by atoms with van der Waals surface area (Å²) in [5, 5.41) is 2.54. The van der Waals surface area contributed by atoms with E-state index in [1.807, 2.05) is 30.3 Å². The molecule has 1 aliphatic heterocycles. The van der Waals surface area contributed by atoms with Gasteiger partial charge in [-0.25, -0.2) is 5.01 Å². The number of aliphatic imine (C=N–C) groups is 1. The number of anilines is 1. The van der Waals surface area contributed by atoms with Gasteiger partial charge in [0.1, 0.15) is 0 Å². The zero-order valence-electron chi connectivity index (χ0n) is 8.09. The van der Waals surface area contributed by atoms with Crippen LogP contribution in [0.25, 0.3) is 0 Å². The number of para-hydroxylation sites is 1. The SMILES string of the molecule is O=CNN(C1=NCCS1)c1ccccc1. The Morgan fingerprint density at radius 3 is 2.80 bits per heavy atom. The van der Waals surface area contributed by atoms with Gasteiger partial charge in [-0.3, -0.25) is 15.2 Å². The van der Waals surface area contributed by atoms with Gasteiger partial charge in [0, 0.05) is 5.75 Å². The predicted octanol–water partition coefficient (Wildman–Crippen LogP) is 1.26. The molecule has 4 nitrogen and oxygen atoms in total. The number of hydrazine groups is 1. The maximum atomic E-state index is 10.5. The third-order valence-corrected chi connectivity index (χ3v) is 2.91. The zero-order chi connectivity index (χ0) is 10.5. The summed E-state index contributed by atoms with van der Waals surface area (Å²) in [7, 11) is 0. The van der Waals surface area contributed by atoms with Gasteiger partial charge in [0.25, 0.3) is 0 Å². The molecule has 0 aromatic heterocycles. The van der Waals surface area contributed by atoms with E-state index in [2.05, 4.69) is 10.4 Å². The molecule has 1 aromatic carbocycles. The summed E-state index contributed by atoms with van der Waals surface area (Å²) in [5.41, 5.74) is 3.56. The van der Waals surface area contributed by atoms with Gasteiger partial charge in [0.15, 0.2) is 5.17 Å². The molecule has 1 aliphatic rings. The highest BCUT2D eigenvalue weighted by molar-refractivity contribution is 8.14. The van der Waals surface area contributed by atoms with Crippen LogP contribution in [0.15, 0.2) is 35.3 Å². The number of carbonyl (C=O) groups is 1. The monoisotopic (exact) mass is 221 g/mol. The highest BCUT2D eigenvalue weighted by Gasteiger charge is 2.16. The number of nitrogens with zero attached hydrogens (tertiary/aromatic N) is 2. The standard InChI is InChI=1S/C10H11N3OS/c14-8-12-13(10-11-6-7-15-10)9-4-2-1-3-5-9/h1-5,8H,6-7H2,(H,12,14). The average Bonchev–Trinajstić information content (AvgIpc) is 2.80. The molecule has 0 saturated carbocycles. The van der Waals surface area contributed by atoms with Crippen LogP contribution in [0.4, 0.5) is 5.69 Å². The van der Waals surface area contributed by atoms with Gasteiger partial charge in [0.2, 0.25) is 6.41 Å². The number of amidine groups is 1. The van der Waals surface area contributed by atoms with E-state index in [9.17, 15) is 4.79 Å². The average molecular weight is 221 g/mol. The minimum Gasteiger partial charge on any atom is -0.277 e. The van der Waals surface area contributed by atoms with Crippen molar-refractivity contribution < 1.29 is 4.79 Å². The largest absolute Gasteiger partial charge is 0.277 e. The molecule has 0 fully saturated rings. The first-order valence-electron chi connectivity index (χ1n) is 4.64. The first kappa shape index (κ1) is 10.0. The van der Waals surface area contributed by atoms with Crippen LogP contribution < -0.4 is 10.4 Å². The molecule has 0 atom stereocenters. The molecule has 0 aliphatic carbocycles. The molecule has 0 unspecified atom stereocenters. The lowest BCUT2D eigenvalue weighted by Gasteiger charge is -2.21. The Morgan fingerprint density at radius 1 is 1.40 bits per heavy atom.